The van der Waals surface area contributed by atoms with E-state index >= 15 is 0 Å². The highest BCUT2D eigenvalue weighted by molar-refractivity contribution is 4.78. The lowest BCUT2D eigenvalue weighted by atomic mass is 10.5. The van der Waals surface area contributed by atoms with Gasteiger partial charge in [0.15, 0.2) is 5.82 Å². The molecule has 0 aliphatic rings. The van der Waals surface area contributed by atoms with E-state index in [0.29, 0.717) is 12.4 Å². The molecule has 0 aliphatic heterocycles. The van der Waals surface area contributed by atoms with E-state index in [0.717, 1.165) is 0 Å². The minimum Gasteiger partial charge on any atom is -0.370 e. The van der Waals surface area contributed by atoms with Crippen LogP contribution in [0.4, 0.5) is 13.2 Å². The Morgan fingerprint density at radius 1 is 1.44 bits per heavy atom. The van der Waals surface area contributed by atoms with Crippen molar-refractivity contribution in [3.05, 3.63) is 5.82 Å². The van der Waals surface area contributed by atoms with Crippen molar-refractivity contribution in [3.8, 4) is 0 Å². The van der Waals surface area contributed by atoms with Crippen molar-refractivity contribution in [1.82, 2.24) is 25.5 Å². The van der Waals surface area contributed by atoms with Crippen LogP contribution in [0.3, 0.4) is 0 Å². The molecule has 0 saturated heterocycles. The number of hydrogen-bond donors (Lipinski definition) is 1. The summed E-state index contributed by atoms with van der Waals surface area (Å²) in [7, 11) is 1.72. The molecular formula is C7H12F3N5O. The fourth-order valence-electron chi connectivity index (χ4n) is 1.02. The van der Waals surface area contributed by atoms with Crippen LogP contribution in [0.1, 0.15) is 5.82 Å². The van der Waals surface area contributed by atoms with E-state index < -0.39 is 12.8 Å². The van der Waals surface area contributed by atoms with Crippen molar-refractivity contribution in [1.29, 1.82) is 0 Å². The van der Waals surface area contributed by atoms with Gasteiger partial charge < -0.3 is 10.1 Å². The summed E-state index contributed by atoms with van der Waals surface area (Å²) in [5.41, 5.74) is 0. The first-order chi connectivity index (χ1) is 7.53. The monoisotopic (exact) mass is 239 g/mol. The summed E-state index contributed by atoms with van der Waals surface area (Å²) in [6.45, 7) is -0.690. The molecular weight excluding hydrogens is 227 g/mol. The van der Waals surface area contributed by atoms with Gasteiger partial charge in [0.25, 0.3) is 0 Å². The summed E-state index contributed by atoms with van der Waals surface area (Å²) in [5, 5.41) is 13.6. The summed E-state index contributed by atoms with van der Waals surface area (Å²) in [6, 6.07) is 0. The first-order valence-corrected chi connectivity index (χ1v) is 4.57. The molecule has 0 aliphatic carbocycles. The van der Waals surface area contributed by atoms with Gasteiger partial charge in [-0.25, -0.2) is 4.68 Å². The van der Waals surface area contributed by atoms with Gasteiger partial charge in [0.1, 0.15) is 6.61 Å². The number of ether oxygens (including phenoxy) is 1. The molecule has 0 spiro atoms. The predicted octanol–water partition coefficient (Wildman–Crippen LogP) is -0.0286. The number of alkyl halides is 3. The van der Waals surface area contributed by atoms with E-state index in [4.69, 9.17) is 0 Å². The van der Waals surface area contributed by atoms with E-state index in [1.165, 1.54) is 4.68 Å². The zero-order valence-electron chi connectivity index (χ0n) is 8.66. The van der Waals surface area contributed by atoms with Crippen molar-refractivity contribution >= 4 is 0 Å². The molecule has 0 aromatic carbocycles. The second-order valence-corrected chi connectivity index (χ2v) is 3.02. The largest absolute Gasteiger partial charge is 0.411 e. The Bertz CT molecular complexity index is 313. The average Bonchev–Trinajstić information content (AvgIpc) is 2.60. The van der Waals surface area contributed by atoms with E-state index in [-0.39, 0.29) is 13.2 Å². The van der Waals surface area contributed by atoms with Crippen LogP contribution in [0.2, 0.25) is 0 Å². The zero-order valence-corrected chi connectivity index (χ0v) is 8.66. The average molecular weight is 239 g/mol. The molecule has 0 fully saturated rings. The second-order valence-electron chi connectivity index (χ2n) is 3.02. The Balaban J connectivity index is 2.29. The molecule has 0 amide bonds. The van der Waals surface area contributed by atoms with Crippen LogP contribution in [0.5, 0.6) is 0 Å². The molecule has 16 heavy (non-hydrogen) atoms. The van der Waals surface area contributed by atoms with Crippen molar-refractivity contribution in [2.24, 2.45) is 0 Å². The Morgan fingerprint density at radius 2 is 2.19 bits per heavy atom. The Labute approximate surface area is 89.8 Å². The van der Waals surface area contributed by atoms with Gasteiger partial charge in [-0.05, 0) is 17.5 Å². The SMILES string of the molecule is CNCc1nnnn1CCOCC(F)(F)F. The highest BCUT2D eigenvalue weighted by atomic mass is 19.4. The van der Waals surface area contributed by atoms with Gasteiger partial charge in [-0.2, -0.15) is 13.2 Å². The van der Waals surface area contributed by atoms with Crippen molar-refractivity contribution < 1.29 is 17.9 Å². The molecule has 0 radical (unpaired) electrons. The van der Waals surface area contributed by atoms with Crippen LogP contribution < -0.4 is 5.32 Å². The fraction of sp³-hybridized carbons (Fsp3) is 0.857. The standard InChI is InChI=1S/C7H12F3N5O/c1-11-4-6-12-13-14-15(6)2-3-16-5-7(8,9)10/h11H,2-5H2,1H3. The van der Waals surface area contributed by atoms with Gasteiger partial charge in [-0.1, -0.05) is 0 Å². The molecule has 1 heterocycles. The minimum absolute atomic E-state index is 0.0821. The maximum Gasteiger partial charge on any atom is 0.411 e. The molecule has 9 heteroatoms. The van der Waals surface area contributed by atoms with Crippen LogP contribution in [0, 0.1) is 0 Å². The van der Waals surface area contributed by atoms with Gasteiger partial charge in [0, 0.05) is 0 Å². The number of aromatic nitrogens is 4. The molecule has 0 atom stereocenters. The third-order valence-corrected chi connectivity index (χ3v) is 1.65. The van der Waals surface area contributed by atoms with Crippen molar-refractivity contribution in [3.63, 3.8) is 0 Å². The molecule has 1 aromatic rings. The third kappa shape index (κ3) is 4.53. The molecule has 1 aromatic heterocycles. The highest BCUT2D eigenvalue weighted by Crippen LogP contribution is 2.14. The second kappa shape index (κ2) is 5.75. The Hall–Kier alpha value is -1.22. The van der Waals surface area contributed by atoms with Crippen LogP contribution >= 0.6 is 0 Å². The van der Waals surface area contributed by atoms with E-state index in [9.17, 15) is 13.2 Å². The number of nitrogens with zero attached hydrogens (tertiary/aromatic N) is 4. The van der Waals surface area contributed by atoms with Crippen molar-refractivity contribution in [2.75, 3.05) is 20.3 Å². The van der Waals surface area contributed by atoms with E-state index in [1.54, 1.807) is 7.05 Å². The molecule has 0 bridgehead atoms. The quantitative estimate of drug-likeness (QED) is 0.706. The van der Waals surface area contributed by atoms with Gasteiger partial charge in [0.05, 0.1) is 19.7 Å². The Morgan fingerprint density at radius 3 is 2.81 bits per heavy atom. The summed E-state index contributed by atoms with van der Waals surface area (Å²) in [4.78, 5) is 0. The molecule has 92 valence electrons. The zero-order chi connectivity index (χ0) is 12.0. The predicted molar refractivity (Wildman–Crippen MR) is 47.5 cm³/mol. The number of halogens is 3. The van der Waals surface area contributed by atoms with E-state index in [2.05, 4.69) is 25.6 Å². The summed E-state index contributed by atoms with van der Waals surface area (Å²) in [6.07, 6.45) is -4.30. The maximum atomic E-state index is 11.7. The summed E-state index contributed by atoms with van der Waals surface area (Å²) in [5.74, 6) is 0.554. The smallest absolute Gasteiger partial charge is 0.370 e. The summed E-state index contributed by atoms with van der Waals surface area (Å²) >= 11 is 0. The number of tetrazole rings is 1. The molecule has 6 nitrogen and oxygen atoms in total. The third-order valence-electron chi connectivity index (χ3n) is 1.65. The lowest BCUT2D eigenvalue weighted by molar-refractivity contribution is -0.174. The number of hydrogen-bond acceptors (Lipinski definition) is 5. The highest BCUT2D eigenvalue weighted by Gasteiger charge is 2.27. The first kappa shape index (κ1) is 12.8. The normalized spacial score (nSPS) is 12.0. The van der Waals surface area contributed by atoms with Gasteiger partial charge in [-0.3, -0.25) is 0 Å². The van der Waals surface area contributed by atoms with Crippen LogP contribution in [0.15, 0.2) is 0 Å². The lowest BCUT2D eigenvalue weighted by Gasteiger charge is -2.08. The van der Waals surface area contributed by atoms with Crippen LogP contribution in [-0.4, -0.2) is 46.6 Å². The topological polar surface area (TPSA) is 64.9 Å². The minimum atomic E-state index is -4.30. The fourth-order valence-corrected chi connectivity index (χ4v) is 1.02. The molecule has 0 unspecified atom stereocenters. The Kier molecular flexibility index (Phi) is 4.62. The van der Waals surface area contributed by atoms with Crippen LogP contribution in [-0.2, 0) is 17.8 Å². The van der Waals surface area contributed by atoms with Gasteiger partial charge >= 0.3 is 6.18 Å². The van der Waals surface area contributed by atoms with E-state index in [1.807, 2.05) is 0 Å². The molecule has 1 rings (SSSR count). The lowest BCUT2D eigenvalue weighted by Crippen LogP contribution is -2.20. The number of nitrogens with one attached hydrogen (secondary N) is 1. The first-order valence-electron chi connectivity index (χ1n) is 4.57. The summed E-state index contributed by atoms with van der Waals surface area (Å²) < 4.78 is 41.1. The maximum absolute atomic E-state index is 11.7. The van der Waals surface area contributed by atoms with Gasteiger partial charge in [0.2, 0.25) is 0 Å². The van der Waals surface area contributed by atoms with Crippen molar-refractivity contribution in [2.45, 2.75) is 19.3 Å². The van der Waals surface area contributed by atoms with Crippen LogP contribution in [0.25, 0.3) is 0 Å². The van der Waals surface area contributed by atoms with Gasteiger partial charge in [-0.15, -0.1) is 5.10 Å². The number of rotatable bonds is 6. The molecule has 1 N–H and O–H groups in total. The molecule has 0 saturated carbocycles.